The highest BCUT2D eigenvalue weighted by molar-refractivity contribution is 9.10. The van der Waals surface area contributed by atoms with Gasteiger partial charge in [-0.3, -0.25) is 10.2 Å². The van der Waals surface area contributed by atoms with Gasteiger partial charge in [0.15, 0.2) is 11.5 Å². The molecule has 15 heavy (non-hydrogen) atoms. The molecule has 0 saturated carbocycles. The molecule has 1 amide bonds. The van der Waals surface area contributed by atoms with Gasteiger partial charge < -0.3 is 10.2 Å². The molecular formula is C9H9BrN2O3. The van der Waals surface area contributed by atoms with Gasteiger partial charge in [-0.1, -0.05) is 0 Å². The standard InChI is InChI=1S/C9H9BrN2O3/c10-8-5(2-4-7(14)12-11)1-3-6(13)9(8)15/h1-4,13,15H,11H2,(H,12,14). The van der Waals surface area contributed by atoms with Crippen molar-refractivity contribution in [2.24, 2.45) is 5.84 Å². The summed E-state index contributed by atoms with van der Waals surface area (Å²) in [4.78, 5) is 10.8. The van der Waals surface area contributed by atoms with E-state index >= 15 is 0 Å². The van der Waals surface area contributed by atoms with Gasteiger partial charge in [-0.25, -0.2) is 5.84 Å². The number of carbonyl (C=O) groups excluding carboxylic acids is 1. The van der Waals surface area contributed by atoms with Crippen LogP contribution < -0.4 is 11.3 Å². The van der Waals surface area contributed by atoms with E-state index in [1.54, 1.807) is 6.07 Å². The highest BCUT2D eigenvalue weighted by Crippen LogP contribution is 2.36. The minimum absolute atomic E-state index is 0.234. The first-order chi connectivity index (χ1) is 7.06. The number of nitrogens with two attached hydrogens (primary N) is 1. The Morgan fingerprint density at radius 3 is 2.73 bits per heavy atom. The monoisotopic (exact) mass is 272 g/mol. The maximum absolute atomic E-state index is 10.8. The van der Waals surface area contributed by atoms with E-state index in [0.717, 1.165) is 0 Å². The van der Waals surface area contributed by atoms with Crippen molar-refractivity contribution in [2.45, 2.75) is 0 Å². The molecule has 5 N–H and O–H groups in total. The first-order valence-electron chi connectivity index (χ1n) is 3.95. The Morgan fingerprint density at radius 1 is 1.47 bits per heavy atom. The molecule has 6 heteroatoms. The minimum atomic E-state index is -0.463. The van der Waals surface area contributed by atoms with Gasteiger partial charge in [0.2, 0.25) is 0 Å². The summed E-state index contributed by atoms with van der Waals surface area (Å²) < 4.78 is 0.309. The van der Waals surface area contributed by atoms with Crippen molar-refractivity contribution in [3.8, 4) is 11.5 Å². The lowest BCUT2D eigenvalue weighted by Gasteiger charge is -2.03. The molecule has 0 spiro atoms. The third-order valence-electron chi connectivity index (χ3n) is 1.68. The molecule has 0 unspecified atom stereocenters. The van der Waals surface area contributed by atoms with Crippen molar-refractivity contribution in [1.29, 1.82) is 0 Å². The SMILES string of the molecule is NNC(=O)C=Cc1ccc(O)c(O)c1Br. The molecular weight excluding hydrogens is 264 g/mol. The highest BCUT2D eigenvalue weighted by Gasteiger charge is 2.07. The zero-order valence-electron chi connectivity index (χ0n) is 7.57. The Bertz CT molecular complexity index is 418. The van der Waals surface area contributed by atoms with Gasteiger partial charge in [0.05, 0.1) is 4.47 Å². The first kappa shape index (κ1) is 11.5. The Labute approximate surface area is 94.3 Å². The zero-order chi connectivity index (χ0) is 11.4. The summed E-state index contributed by atoms with van der Waals surface area (Å²) in [5.41, 5.74) is 2.48. The van der Waals surface area contributed by atoms with Gasteiger partial charge >= 0.3 is 0 Å². The van der Waals surface area contributed by atoms with E-state index < -0.39 is 5.91 Å². The fourth-order valence-corrected chi connectivity index (χ4v) is 1.38. The predicted octanol–water partition coefficient (Wildman–Crippen LogP) is 0.863. The van der Waals surface area contributed by atoms with Crippen LogP contribution in [0, 0.1) is 0 Å². The second-order valence-electron chi connectivity index (χ2n) is 2.68. The molecule has 1 rings (SSSR count). The molecule has 0 atom stereocenters. The number of hydrogen-bond acceptors (Lipinski definition) is 4. The van der Waals surface area contributed by atoms with Gasteiger partial charge in [0, 0.05) is 6.08 Å². The number of rotatable bonds is 2. The zero-order valence-corrected chi connectivity index (χ0v) is 9.15. The summed E-state index contributed by atoms with van der Waals surface area (Å²) in [7, 11) is 0. The van der Waals surface area contributed by atoms with Crippen LogP contribution >= 0.6 is 15.9 Å². The van der Waals surface area contributed by atoms with Gasteiger partial charge in [-0.15, -0.1) is 0 Å². The van der Waals surface area contributed by atoms with Crippen molar-refractivity contribution in [1.82, 2.24) is 5.43 Å². The fraction of sp³-hybridized carbons (Fsp3) is 0. The number of amides is 1. The molecule has 0 radical (unpaired) electrons. The van der Waals surface area contributed by atoms with Crippen LogP contribution in [0.4, 0.5) is 0 Å². The highest BCUT2D eigenvalue weighted by atomic mass is 79.9. The Balaban J connectivity index is 3.02. The van der Waals surface area contributed by atoms with Crippen molar-refractivity contribution >= 4 is 27.9 Å². The van der Waals surface area contributed by atoms with Gasteiger partial charge in [0.25, 0.3) is 5.91 Å². The summed E-state index contributed by atoms with van der Waals surface area (Å²) in [6.07, 6.45) is 2.65. The minimum Gasteiger partial charge on any atom is -0.504 e. The topological polar surface area (TPSA) is 95.6 Å². The Kier molecular flexibility index (Phi) is 3.70. The third kappa shape index (κ3) is 2.71. The van der Waals surface area contributed by atoms with E-state index in [4.69, 9.17) is 10.9 Å². The van der Waals surface area contributed by atoms with Crippen molar-refractivity contribution < 1.29 is 15.0 Å². The van der Waals surface area contributed by atoms with Gasteiger partial charge in [-0.2, -0.15) is 0 Å². The predicted molar refractivity (Wildman–Crippen MR) is 58.8 cm³/mol. The normalized spacial score (nSPS) is 10.5. The summed E-state index contributed by atoms with van der Waals surface area (Å²) in [5, 5.41) is 18.5. The number of carbonyl (C=O) groups is 1. The van der Waals surface area contributed by atoms with E-state index in [9.17, 15) is 9.90 Å². The van der Waals surface area contributed by atoms with E-state index in [0.29, 0.717) is 10.0 Å². The third-order valence-corrected chi connectivity index (χ3v) is 2.51. The summed E-state index contributed by atoms with van der Waals surface area (Å²) in [6, 6.07) is 2.86. The van der Waals surface area contributed by atoms with Gasteiger partial charge in [0.1, 0.15) is 0 Å². The average molecular weight is 273 g/mol. The molecule has 0 bridgehead atoms. The molecule has 0 aliphatic heterocycles. The summed E-state index contributed by atoms with van der Waals surface area (Å²) in [6.45, 7) is 0. The lowest BCUT2D eigenvalue weighted by Crippen LogP contribution is -2.27. The number of hydrogen-bond donors (Lipinski definition) is 4. The molecule has 1 aromatic carbocycles. The van der Waals surface area contributed by atoms with Crippen LogP contribution in [0.25, 0.3) is 6.08 Å². The molecule has 0 saturated heterocycles. The van der Waals surface area contributed by atoms with Crippen molar-refractivity contribution in [3.05, 3.63) is 28.2 Å². The first-order valence-corrected chi connectivity index (χ1v) is 4.74. The summed E-state index contributed by atoms with van der Waals surface area (Å²) in [5.74, 6) is 3.91. The smallest absolute Gasteiger partial charge is 0.257 e. The lowest BCUT2D eigenvalue weighted by molar-refractivity contribution is -0.116. The quantitative estimate of drug-likeness (QED) is 0.211. The second-order valence-corrected chi connectivity index (χ2v) is 3.47. The Morgan fingerprint density at radius 2 is 2.13 bits per heavy atom. The molecule has 1 aromatic rings. The number of phenolic OH excluding ortho intramolecular Hbond substituents is 2. The molecule has 0 aromatic heterocycles. The molecule has 80 valence electrons. The molecule has 0 aliphatic carbocycles. The van der Waals surface area contributed by atoms with Crippen LogP contribution in [0.1, 0.15) is 5.56 Å². The fourth-order valence-electron chi connectivity index (χ4n) is 0.912. The number of hydrazine groups is 1. The van der Waals surface area contributed by atoms with Crippen LogP contribution in [0.15, 0.2) is 22.7 Å². The molecule has 0 aliphatic rings. The largest absolute Gasteiger partial charge is 0.504 e. The van der Waals surface area contributed by atoms with E-state index in [1.807, 2.05) is 5.43 Å². The van der Waals surface area contributed by atoms with Crippen LogP contribution in [0.5, 0.6) is 11.5 Å². The van der Waals surface area contributed by atoms with E-state index in [-0.39, 0.29) is 11.5 Å². The maximum atomic E-state index is 10.8. The van der Waals surface area contributed by atoms with Crippen LogP contribution in [-0.4, -0.2) is 16.1 Å². The lowest BCUT2D eigenvalue weighted by atomic mass is 10.2. The summed E-state index contributed by atoms with van der Waals surface area (Å²) >= 11 is 3.08. The number of halogens is 1. The average Bonchev–Trinajstić information content (AvgIpc) is 2.24. The van der Waals surface area contributed by atoms with Crippen LogP contribution in [0.2, 0.25) is 0 Å². The van der Waals surface area contributed by atoms with Gasteiger partial charge in [-0.05, 0) is 39.7 Å². The number of benzene rings is 1. The number of nitrogens with one attached hydrogen (secondary N) is 1. The number of aromatic hydroxyl groups is 2. The van der Waals surface area contributed by atoms with Crippen LogP contribution in [-0.2, 0) is 4.79 Å². The van der Waals surface area contributed by atoms with Crippen molar-refractivity contribution in [2.75, 3.05) is 0 Å². The maximum Gasteiger partial charge on any atom is 0.257 e. The van der Waals surface area contributed by atoms with E-state index in [2.05, 4.69) is 15.9 Å². The number of phenols is 2. The molecule has 0 heterocycles. The van der Waals surface area contributed by atoms with E-state index in [1.165, 1.54) is 18.2 Å². The molecule has 0 fully saturated rings. The van der Waals surface area contributed by atoms with Crippen LogP contribution in [0.3, 0.4) is 0 Å². The second kappa shape index (κ2) is 4.81. The van der Waals surface area contributed by atoms with Crippen molar-refractivity contribution in [3.63, 3.8) is 0 Å². The Hall–Kier alpha value is -1.53. The molecule has 5 nitrogen and oxygen atoms in total.